The zero-order valence-corrected chi connectivity index (χ0v) is 24.3. The van der Waals surface area contributed by atoms with Crippen LogP contribution in [0, 0.1) is 5.41 Å². The van der Waals surface area contributed by atoms with Crippen LogP contribution in [-0.2, 0) is 51.9 Å². The van der Waals surface area contributed by atoms with Crippen molar-refractivity contribution in [3.05, 3.63) is 12.2 Å². The maximum absolute atomic E-state index is 12.9. The van der Waals surface area contributed by atoms with Gasteiger partial charge in [0.05, 0.1) is 26.6 Å². The van der Waals surface area contributed by atoms with Crippen LogP contribution in [-0.4, -0.2) is 90.2 Å². The van der Waals surface area contributed by atoms with Gasteiger partial charge in [-0.2, -0.15) is 0 Å². The molecular formula is C23H34N3O12PS. The second-order valence-electron chi connectivity index (χ2n) is 9.26. The van der Waals surface area contributed by atoms with Crippen LogP contribution in [0.5, 0.6) is 0 Å². The predicted molar refractivity (Wildman–Crippen MR) is 141 cm³/mol. The van der Waals surface area contributed by atoms with Gasteiger partial charge >= 0.3 is 19.7 Å². The standard InChI is InChI=1S/C23H34N3O12PS/c1-14(22(34)36-4)26-39(35)37-13-23(2,3)20(38-39)21(33)25-8-7-17(29)24-9-10-40-19(32)12-16(28)11-15(27)5-6-18(30)31/h5-6,14,20H,7-13H2,1-4H3,(H,24,29)(H,25,33)(H,26,35)(H,30,31)/b6-5+/t14-,20-,39?/m0/s1. The molecule has 15 nitrogen and oxygen atoms in total. The van der Waals surface area contributed by atoms with Crippen molar-refractivity contribution in [2.45, 2.75) is 52.2 Å². The van der Waals surface area contributed by atoms with Crippen LogP contribution >= 0.6 is 19.5 Å². The number of aliphatic carboxylic acids is 1. The average molecular weight is 608 g/mol. The summed E-state index contributed by atoms with van der Waals surface area (Å²) in [5, 5.41) is 15.5. The Balaban J connectivity index is 2.38. The molecule has 1 rings (SSSR count). The van der Waals surface area contributed by atoms with E-state index in [0.717, 1.165) is 24.9 Å². The Morgan fingerprint density at radius 1 is 1.10 bits per heavy atom. The van der Waals surface area contributed by atoms with Crippen molar-refractivity contribution in [1.82, 2.24) is 15.7 Å². The van der Waals surface area contributed by atoms with Crippen LogP contribution in [0.1, 0.15) is 40.0 Å². The molecular weight excluding hydrogens is 573 g/mol. The Bertz CT molecular complexity index is 1080. The number of hydrogen-bond acceptors (Lipinski definition) is 12. The lowest BCUT2D eigenvalue weighted by Gasteiger charge is -2.40. The maximum Gasteiger partial charge on any atom is 0.407 e. The molecule has 1 aliphatic rings. The SMILES string of the molecule is COC(=O)[C@H](C)NP1(=O)OCC(C)(C)[C@H](C(=O)NCCC(=O)NCCSC(=O)CC(=O)CC(=O)/C=C/C(=O)O)O1. The van der Waals surface area contributed by atoms with Gasteiger partial charge in [0.1, 0.15) is 11.8 Å². The van der Waals surface area contributed by atoms with E-state index in [4.69, 9.17) is 14.2 Å². The Morgan fingerprint density at radius 2 is 1.77 bits per heavy atom. The van der Waals surface area contributed by atoms with Crippen molar-refractivity contribution >= 4 is 59.9 Å². The van der Waals surface area contributed by atoms with Gasteiger partial charge < -0.3 is 20.5 Å². The number of ketones is 2. The fraction of sp³-hybridized carbons (Fsp3) is 0.609. The molecule has 0 aromatic heterocycles. The second kappa shape index (κ2) is 16.4. The molecule has 0 saturated carbocycles. The zero-order chi connectivity index (χ0) is 30.5. The summed E-state index contributed by atoms with van der Waals surface area (Å²) in [6, 6.07) is -1.02. The van der Waals surface area contributed by atoms with E-state index in [9.17, 15) is 38.1 Å². The van der Waals surface area contributed by atoms with Gasteiger partial charge in [0.15, 0.2) is 17.0 Å². The van der Waals surface area contributed by atoms with Gasteiger partial charge in [-0.25, -0.2) is 14.4 Å². The average Bonchev–Trinajstić information content (AvgIpc) is 2.86. The maximum atomic E-state index is 12.9. The van der Waals surface area contributed by atoms with Crippen LogP contribution in [0.4, 0.5) is 0 Å². The van der Waals surface area contributed by atoms with E-state index >= 15 is 0 Å². The van der Waals surface area contributed by atoms with Crippen LogP contribution in [0.3, 0.4) is 0 Å². The first kappa shape index (κ1) is 35.1. The van der Waals surface area contributed by atoms with Gasteiger partial charge in [0.25, 0.3) is 0 Å². The molecule has 0 aromatic rings. The third kappa shape index (κ3) is 13.0. The topological polar surface area (TPSA) is 221 Å². The number of ether oxygens (including phenoxy) is 1. The van der Waals surface area contributed by atoms with Crippen LogP contribution in [0.25, 0.3) is 0 Å². The summed E-state index contributed by atoms with van der Waals surface area (Å²) in [7, 11) is -2.85. The molecule has 0 bridgehead atoms. The van der Waals surface area contributed by atoms with Crippen molar-refractivity contribution in [2.24, 2.45) is 5.41 Å². The highest BCUT2D eigenvalue weighted by Gasteiger charge is 2.48. The number of hydrogen-bond donors (Lipinski definition) is 4. The van der Waals surface area contributed by atoms with E-state index in [1.54, 1.807) is 13.8 Å². The van der Waals surface area contributed by atoms with Gasteiger partial charge in [0, 0.05) is 36.8 Å². The van der Waals surface area contributed by atoms with Gasteiger partial charge in [0.2, 0.25) is 11.8 Å². The first-order valence-electron chi connectivity index (χ1n) is 12.0. The fourth-order valence-corrected chi connectivity index (χ4v) is 5.74. The number of carboxylic acid groups (broad SMARTS) is 1. The largest absolute Gasteiger partial charge is 0.478 e. The normalized spacial score (nSPS) is 20.8. The molecule has 0 aromatic carbocycles. The number of carboxylic acids is 1. The Kier molecular flexibility index (Phi) is 14.4. The number of carbonyl (C=O) groups excluding carboxylic acids is 6. The van der Waals surface area contributed by atoms with E-state index < -0.39 is 78.6 Å². The number of thioether (sulfide) groups is 1. The molecule has 3 atom stereocenters. The highest BCUT2D eigenvalue weighted by atomic mass is 32.2. The Labute approximate surface area is 235 Å². The smallest absolute Gasteiger partial charge is 0.407 e. The third-order valence-electron chi connectivity index (χ3n) is 5.17. The van der Waals surface area contributed by atoms with Crippen molar-refractivity contribution in [3.8, 4) is 0 Å². The third-order valence-corrected chi connectivity index (χ3v) is 7.70. The minimum atomic E-state index is -4.01. The molecule has 0 aliphatic carbocycles. The van der Waals surface area contributed by atoms with Crippen molar-refractivity contribution in [2.75, 3.05) is 32.6 Å². The highest BCUT2D eigenvalue weighted by Crippen LogP contribution is 2.53. The van der Waals surface area contributed by atoms with Gasteiger partial charge in [-0.3, -0.25) is 37.8 Å². The van der Waals surface area contributed by atoms with Crippen molar-refractivity contribution in [1.29, 1.82) is 0 Å². The minimum absolute atomic E-state index is 0.0668. The molecule has 1 aliphatic heterocycles. The lowest BCUT2D eigenvalue weighted by atomic mass is 9.87. The van der Waals surface area contributed by atoms with Gasteiger partial charge in [-0.05, 0) is 13.0 Å². The molecule has 40 heavy (non-hydrogen) atoms. The van der Waals surface area contributed by atoms with Crippen molar-refractivity contribution < 1.29 is 57.0 Å². The summed E-state index contributed by atoms with van der Waals surface area (Å²) in [5.74, 6) is -4.30. The molecule has 4 N–H and O–H groups in total. The number of Topliss-reactive ketones (excluding diaryl/α,β-unsaturated/α-hetero) is 1. The van der Waals surface area contributed by atoms with E-state index in [1.807, 2.05) is 0 Å². The highest BCUT2D eigenvalue weighted by molar-refractivity contribution is 8.13. The predicted octanol–water partition coefficient (Wildman–Crippen LogP) is 0.129. The number of nitrogens with one attached hydrogen (secondary N) is 3. The molecule has 17 heteroatoms. The number of rotatable bonds is 16. The molecule has 2 amide bonds. The van der Waals surface area contributed by atoms with Gasteiger partial charge in [-0.15, -0.1) is 0 Å². The molecule has 224 valence electrons. The summed E-state index contributed by atoms with van der Waals surface area (Å²) < 4.78 is 28.2. The molecule has 1 heterocycles. The van der Waals surface area contributed by atoms with E-state index in [1.165, 1.54) is 6.92 Å². The first-order chi connectivity index (χ1) is 18.6. The number of amides is 2. The lowest BCUT2D eigenvalue weighted by Crippen LogP contribution is -2.51. The zero-order valence-electron chi connectivity index (χ0n) is 22.6. The van der Waals surface area contributed by atoms with Crippen molar-refractivity contribution in [3.63, 3.8) is 0 Å². The number of carbonyl (C=O) groups is 7. The first-order valence-corrected chi connectivity index (χ1v) is 14.6. The minimum Gasteiger partial charge on any atom is -0.478 e. The van der Waals surface area contributed by atoms with E-state index in [0.29, 0.717) is 6.08 Å². The fourth-order valence-electron chi connectivity index (χ4n) is 3.10. The number of esters is 1. The Hall–Kier alpha value is -2.91. The molecule has 1 fully saturated rings. The molecule has 1 unspecified atom stereocenters. The molecule has 1 saturated heterocycles. The van der Waals surface area contributed by atoms with E-state index in [2.05, 4.69) is 20.5 Å². The second-order valence-corrected chi connectivity index (χ2v) is 12.1. The number of methoxy groups -OCH3 is 1. The summed E-state index contributed by atoms with van der Waals surface area (Å²) in [4.78, 5) is 81.7. The summed E-state index contributed by atoms with van der Waals surface area (Å²) in [5.41, 5.74) is -0.871. The number of allylic oxidation sites excluding steroid dienone is 1. The Morgan fingerprint density at radius 3 is 2.40 bits per heavy atom. The summed E-state index contributed by atoms with van der Waals surface area (Å²) in [6.07, 6.45) is -1.06. The molecule has 0 spiro atoms. The quantitative estimate of drug-likeness (QED) is 0.0602. The summed E-state index contributed by atoms with van der Waals surface area (Å²) in [6.45, 7) is 4.65. The monoisotopic (exact) mass is 607 g/mol. The van der Waals surface area contributed by atoms with Crippen LogP contribution < -0.4 is 15.7 Å². The van der Waals surface area contributed by atoms with E-state index in [-0.39, 0.29) is 31.9 Å². The van der Waals surface area contributed by atoms with Crippen LogP contribution in [0.15, 0.2) is 12.2 Å². The van der Waals surface area contributed by atoms with Crippen LogP contribution in [0.2, 0.25) is 0 Å². The summed E-state index contributed by atoms with van der Waals surface area (Å²) >= 11 is 0.789. The molecule has 0 radical (unpaired) electrons. The van der Waals surface area contributed by atoms with Gasteiger partial charge in [-0.1, -0.05) is 25.6 Å². The lowest BCUT2D eigenvalue weighted by molar-refractivity contribution is -0.143.